The molecular weight excluding hydrogens is 490 g/mol. The first-order chi connectivity index (χ1) is 18.7. The molecule has 0 aliphatic heterocycles. The summed E-state index contributed by atoms with van der Waals surface area (Å²) in [5, 5.41) is 8.38. The smallest absolute Gasteiger partial charge is 0.264 e. The maximum atomic E-state index is 14.1. The summed E-state index contributed by atoms with van der Waals surface area (Å²) in [7, 11) is 5.54. The maximum Gasteiger partial charge on any atom is 0.264 e. The van der Waals surface area contributed by atoms with Crippen molar-refractivity contribution in [2.45, 2.75) is 13.0 Å². The van der Waals surface area contributed by atoms with Crippen molar-refractivity contribution in [2.75, 3.05) is 26.4 Å². The van der Waals surface area contributed by atoms with E-state index >= 15 is 0 Å². The second-order valence-electron chi connectivity index (χ2n) is 9.27. The van der Waals surface area contributed by atoms with E-state index in [4.69, 9.17) is 5.73 Å². The third kappa shape index (κ3) is 5.66. The van der Waals surface area contributed by atoms with Crippen molar-refractivity contribution in [3.63, 3.8) is 0 Å². The van der Waals surface area contributed by atoms with Crippen LogP contribution in [0.4, 0.5) is 11.6 Å². The lowest BCUT2D eigenvalue weighted by Crippen LogP contribution is -2.32. The van der Waals surface area contributed by atoms with Gasteiger partial charge in [0.1, 0.15) is 5.56 Å². The summed E-state index contributed by atoms with van der Waals surface area (Å²) in [5.74, 6) is 6.17. The second kappa shape index (κ2) is 11.6. The van der Waals surface area contributed by atoms with Gasteiger partial charge in [-0.05, 0) is 50.7 Å². The van der Waals surface area contributed by atoms with Crippen molar-refractivity contribution < 1.29 is 4.79 Å². The Morgan fingerprint density at radius 3 is 2.67 bits per heavy atom. The molecule has 0 bridgehead atoms. The Hall–Kier alpha value is -4.94. The number of amides is 1. The van der Waals surface area contributed by atoms with Gasteiger partial charge in [0.2, 0.25) is 0 Å². The van der Waals surface area contributed by atoms with Crippen LogP contribution in [0.1, 0.15) is 34.6 Å². The Bertz CT molecular complexity index is 1690. The molecule has 2 aromatic carbocycles. The molecule has 3 N–H and O–H groups in total. The van der Waals surface area contributed by atoms with E-state index in [2.05, 4.69) is 33.8 Å². The fourth-order valence-corrected chi connectivity index (χ4v) is 4.31. The number of nitrogens with two attached hydrogens (primary N) is 1. The highest BCUT2D eigenvalue weighted by Crippen LogP contribution is 2.27. The maximum absolute atomic E-state index is 14.1. The van der Waals surface area contributed by atoms with Crippen LogP contribution in [-0.4, -0.2) is 52.0 Å². The minimum absolute atomic E-state index is 0.0540. The molecular formula is C30H31N7O2. The Balaban J connectivity index is 1.85. The Morgan fingerprint density at radius 2 is 1.97 bits per heavy atom. The molecule has 0 saturated heterocycles. The summed E-state index contributed by atoms with van der Waals surface area (Å²) in [4.78, 5) is 33.7. The summed E-state index contributed by atoms with van der Waals surface area (Å²) in [5.41, 5.74) is 7.92. The highest BCUT2D eigenvalue weighted by Gasteiger charge is 2.24. The summed E-state index contributed by atoms with van der Waals surface area (Å²) >= 11 is 0. The molecule has 0 saturated carbocycles. The normalized spacial score (nSPS) is 11.9. The van der Waals surface area contributed by atoms with Crippen LogP contribution in [0.25, 0.3) is 16.5 Å². The molecule has 0 aliphatic carbocycles. The number of aryl methyl sites for hydroxylation is 1. The first-order valence-electron chi connectivity index (χ1n) is 12.4. The number of anilines is 1. The lowest BCUT2D eigenvalue weighted by molar-refractivity contribution is 0.0940. The summed E-state index contributed by atoms with van der Waals surface area (Å²) < 4.78 is 3.05. The Kier molecular flexibility index (Phi) is 8.08. The number of para-hydroxylation sites is 1. The largest absolute Gasteiger partial charge is 0.381 e. The number of nitrogens with zero attached hydrogens (tertiary/aromatic N) is 5. The van der Waals surface area contributed by atoms with Gasteiger partial charge in [0, 0.05) is 30.2 Å². The van der Waals surface area contributed by atoms with Gasteiger partial charge in [-0.1, -0.05) is 54.8 Å². The van der Waals surface area contributed by atoms with Crippen LogP contribution in [0, 0.1) is 11.8 Å². The number of nitrogens with one attached hydrogen (secondary N) is 1. The molecule has 198 valence electrons. The van der Waals surface area contributed by atoms with E-state index in [-0.39, 0.29) is 16.9 Å². The summed E-state index contributed by atoms with van der Waals surface area (Å²) in [6, 6.07) is 16.3. The van der Waals surface area contributed by atoms with Crippen molar-refractivity contribution in [3.05, 3.63) is 94.4 Å². The van der Waals surface area contributed by atoms with Gasteiger partial charge < -0.3 is 11.1 Å². The number of allylic oxidation sites excluding steroid dienone is 1. The molecule has 1 unspecified atom stereocenters. The molecule has 1 atom stereocenters. The lowest BCUT2D eigenvalue weighted by Gasteiger charge is -2.21. The van der Waals surface area contributed by atoms with Gasteiger partial charge in [-0.2, -0.15) is 5.10 Å². The van der Waals surface area contributed by atoms with Crippen molar-refractivity contribution in [1.29, 1.82) is 0 Å². The second-order valence-corrected chi connectivity index (χ2v) is 9.27. The number of hydrogen-bond donors (Lipinski definition) is 2. The molecule has 4 rings (SSSR count). The van der Waals surface area contributed by atoms with Gasteiger partial charge in [0.05, 0.1) is 18.0 Å². The Labute approximate surface area is 227 Å². The third-order valence-corrected chi connectivity index (χ3v) is 6.07. The standard InChI is InChI=1S/C30H31N7O2/c1-6-17-32-28-26(27(31)34-36(28)5)29(38)33-20(2)24-19-22-13-10-12-21(14-11-18-35(3)4)25(22)30(39)37(24)23-15-8-7-9-16-23/h6-10,12-13,15-17,19-20H,1,18H2,2-5H3,(H2,31,34)(H,33,38)/b32-17-. The predicted octanol–water partition coefficient (Wildman–Crippen LogP) is 3.60. The number of benzene rings is 2. The molecule has 39 heavy (non-hydrogen) atoms. The number of aliphatic imine (C=N–C) groups is 1. The number of rotatable bonds is 7. The fraction of sp³-hybridized carbons (Fsp3) is 0.200. The van der Waals surface area contributed by atoms with Crippen LogP contribution in [0.5, 0.6) is 0 Å². The number of nitrogen functional groups attached to an aromatic ring is 1. The zero-order chi connectivity index (χ0) is 28.1. The van der Waals surface area contributed by atoms with E-state index in [0.29, 0.717) is 34.7 Å². The molecule has 4 aromatic rings. The number of carbonyl (C=O) groups is 1. The van der Waals surface area contributed by atoms with Gasteiger partial charge in [-0.15, -0.1) is 0 Å². The van der Waals surface area contributed by atoms with E-state index in [1.807, 2.05) is 80.5 Å². The molecule has 2 heterocycles. The first-order valence-corrected chi connectivity index (χ1v) is 12.4. The van der Waals surface area contributed by atoms with Crippen molar-refractivity contribution in [1.82, 2.24) is 24.6 Å². The highest BCUT2D eigenvalue weighted by molar-refractivity contribution is 6.03. The molecule has 9 nitrogen and oxygen atoms in total. The average Bonchev–Trinajstić information content (AvgIpc) is 3.19. The zero-order valence-corrected chi connectivity index (χ0v) is 22.5. The summed E-state index contributed by atoms with van der Waals surface area (Å²) in [6.45, 7) is 6.01. The van der Waals surface area contributed by atoms with Crippen LogP contribution in [0.2, 0.25) is 0 Å². The van der Waals surface area contributed by atoms with Gasteiger partial charge in [0.25, 0.3) is 11.5 Å². The number of carbonyl (C=O) groups excluding carboxylic acids is 1. The predicted molar refractivity (Wildman–Crippen MR) is 157 cm³/mol. The molecule has 2 aromatic heterocycles. The van der Waals surface area contributed by atoms with E-state index in [9.17, 15) is 9.59 Å². The van der Waals surface area contributed by atoms with E-state index in [0.717, 1.165) is 5.39 Å². The van der Waals surface area contributed by atoms with Gasteiger partial charge in [-0.3, -0.25) is 19.1 Å². The van der Waals surface area contributed by atoms with Gasteiger partial charge >= 0.3 is 0 Å². The van der Waals surface area contributed by atoms with Crippen LogP contribution < -0.4 is 16.6 Å². The van der Waals surface area contributed by atoms with Crippen LogP contribution in [-0.2, 0) is 7.05 Å². The average molecular weight is 522 g/mol. The minimum atomic E-state index is -0.575. The van der Waals surface area contributed by atoms with Crippen molar-refractivity contribution >= 4 is 34.5 Å². The number of hydrogen-bond acceptors (Lipinski definition) is 6. The SMILES string of the molecule is C=C/C=N\c1c(C(=O)NC(C)c2cc3cccc(C#CCN(C)C)c3c(=O)n2-c2ccccc2)c(N)nn1C. The van der Waals surface area contributed by atoms with Crippen LogP contribution >= 0.6 is 0 Å². The molecule has 0 aliphatic rings. The molecule has 1 amide bonds. The Morgan fingerprint density at radius 1 is 1.23 bits per heavy atom. The topological polar surface area (TPSA) is 111 Å². The van der Waals surface area contributed by atoms with Crippen molar-refractivity contribution in [3.8, 4) is 17.5 Å². The van der Waals surface area contributed by atoms with Crippen LogP contribution in [0.3, 0.4) is 0 Å². The van der Waals surface area contributed by atoms with Crippen LogP contribution in [0.15, 0.2) is 77.0 Å². The number of pyridine rings is 1. The summed E-state index contributed by atoms with van der Waals surface area (Å²) in [6.07, 6.45) is 2.96. The van der Waals surface area contributed by atoms with Gasteiger partial charge in [-0.25, -0.2) is 9.67 Å². The highest BCUT2D eigenvalue weighted by atomic mass is 16.2. The fourth-order valence-electron chi connectivity index (χ4n) is 4.31. The van der Waals surface area contributed by atoms with Gasteiger partial charge in [0.15, 0.2) is 11.6 Å². The molecule has 0 spiro atoms. The molecule has 0 radical (unpaired) electrons. The van der Waals surface area contributed by atoms with Crippen molar-refractivity contribution in [2.24, 2.45) is 12.0 Å². The zero-order valence-electron chi connectivity index (χ0n) is 22.5. The van der Waals surface area contributed by atoms with E-state index in [1.54, 1.807) is 11.6 Å². The molecule has 9 heteroatoms. The third-order valence-electron chi connectivity index (χ3n) is 6.07. The molecule has 0 fully saturated rings. The number of aromatic nitrogens is 3. The minimum Gasteiger partial charge on any atom is -0.381 e. The monoisotopic (exact) mass is 521 g/mol. The number of fused-ring (bicyclic) bond motifs is 1. The van der Waals surface area contributed by atoms with E-state index in [1.165, 1.54) is 17.0 Å². The quantitative estimate of drug-likeness (QED) is 0.285. The van der Waals surface area contributed by atoms with E-state index < -0.39 is 11.9 Å². The first kappa shape index (κ1) is 27.1. The lowest BCUT2D eigenvalue weighted by atomic mass is 10.0.